The summed E-state index contributed by atoms with van der Waals surface area (Å²) in [4.78, 5) is 43.8. The van der Waals surface area contributed by atoms with Gasteiger partial charge >= 0.3 is 6.09 Å². The second-order valence-electron chi connectivity index (χ2n) is 13.6. The molecule has 0 bridgehead atoms. The minimum atomic E-state index is -1.07. The van der Waals surface area contributed by atoms with Crippen LogP contribution in [0.5, 0.6) is 5.75 Å². The predicted octanol–water partition coefficient (Wildman–Crippen LogP) is 3.64. The zero-order valence-electron chi connectivity index (χ0n) is 29.6. The second kappa shape index (κ2) is 18.6. The minimum Gasteiger partial charge on any atom is -0.488 e. The third-order valence-corrected chi connectivity index (χ3v) is 8.79. The molecule has 1 aliphatic heterocycles. The van der Waals surface area contributed by atoms with Crippen LogP contribution in [0.2, 0.25) is 0 Å². The first-order valence-electron chi connectivity index (χ1n) is 17.4. The Labute approximate surface area is 292 Å². The van der Waals surface area contributed by atoms with Crippen LogP contribution in [0.1, 0.15) is 63.4 Å². The normalized spacial score (nSPS) is 16.5. The van der Waals surface area contributed by atoms with E-state index in [-0.39, 0.29) is 93.4 Å². The molecule has 4 rings (SSSR count). The number of hydrogen-bond acceptors (Lipinski definition) is 9. The van der Waals surface area contributed by atoms with Crippen molar-refractivity contribution in [1.29, 1.82) is 0 Å². The van der Waals surface area contributed by atoms with Crippen LogP contribution >= 0.6 is 0 Å². The largest absolute Gasteiger partial charge is 0.488 e. The van der Waals surface area contributed by atoms with Gasteiger partial charge in [0.15, 0.2) is 23.1 Å². The van der Waals surface area contributed by atoms with Crippen molar-refractivity contribution in [3.63, 3.8) is 0 Å². The van der Waals surface area contributed by atoms with Crippen molar-refractivity contribution in [2.24, 2.45) is 13.0 Å². The molecule has 1 saturated heterocycles. The molecule has 13 nitrogen and oxygen atoms in total. The van der Waals surface area contributed by atoms with E-state index in [1.807, 2.05) is 0 Å². The van der Waals surface area contributed by atoms with Crippen molar-refractivity contribution in [3.05, 3.63) is 29.5 Å². The number of ether oxygens (including phenoxy) is 5. The number of alkyl carbamates (subject to hydrolysis) is 1. The molecule has 2 N–H and O–H groups in total. The molecular formula is C35H52F2N4O9. The Morgan fingerprint density at radius 2 is 1.42 bits per heavy atom. The first-order valence-corrected chi connectivity index (χ1v) is 17.4. The van der Waals surface area contributed by atoms with E-state index in [4.69, 9.17) is 28.8 Å². The summed E-state index contributed by atoms with van der Waals surface area (Å²) in [5, 5.41) is 11.8. The van der Waals surface area contributed by atoms with E-state index >= 15 is 0 Å². The van der Waals surface area contributed by atoms with Gasteiger partial charge in [0.25, 0.3) is 5.91 Å². The number of aryl methyl sites for hydroxylation is 1. The summed E-state index contributed by atoms with van der Waals surface area (Å²) in [5.74, 6) is -2.61. The Morgan fingerprint density at radius 1 is 0.860 bits per heavy atom. The van der Waals surface area contributed by atoms with Gasteiger partial charge in [-0.1, -0.05) is 19.3 Å². The van der Waals surface area contributed by atoms with E-state index in [9.17, 15) is 23.2 Å². The lowest BCUT2D eigenvalue weighted by Gasteiger charge is -2.39. The van der Waals surface area contributed by atoms with Crippen molar-refractivity contribution in [3.8, 4) is 5.75 Å². The molecule has 2 heterocycles. The first kappa shape index (κ1) is 39.3. The average Bonchev–Trinajstić information content (AvgIpc) is 3.34. The fraction of sp³-hybridized carbons (Fsp3) is 0.686. The molecule has 1 atom stereocenters. The molecule has 280 valence electrons. The van der Waals surface area contributed by atoms with Crippen molar-refractivity contribution < 1.29 is 52.0 Å². The SMILES string of the molecule is Cn1c(C(=O)N2CCN(C(=O)C(NC(=O)OC(C)(C)C)C3CCCCC3)CC2)c(OCCOCCOCCOCCO)c2cc(F)c(F)cc21. The lowest BCUT2D eigenvalue weighted by atomic mass is 9.83. The number of aromatic nitrogens is 1. The number of piperazine rings is 1. The summed E-state index contributed by atoms with van der Waals surface area (Å²) in [6, 6.07) is 1.32. The number of carbonyl (C=O) groups excluding carboxylic acids is 3. The van der Waals surface area contributed by atoms with E-state index in [1.54, 1.807) is 37.6 Å². The van der Waals surface area contributed by atoms with Crippen LogP contribution in [-0.4, -0.2) is 128 Å². The molecule has 1 aromatic carbocycles. The molecule has 15 heteroatoms. The fourth-order valence-corrected chi connectivity index (χ4v) is 6.35. The molecule has 50 heavy (non-hydrogen) atoms. The molecule has 2 fully saturated rings. The Balaban J connectivity index is 1.40. The van der Waals surface area contributed by atoms with Gasteiger partial charge in [-0.25, -0.2) is 13.6 Å². The average molecular weight is 711 g/mol. The molecule has 0 spiro atoms. The Hall–Kier alpha value is -3.53. The third-order valence-electron chi connectivity index (χ3n) is 8.79. The van der Waals surface area contributed by atoms with Crippen LogP contribution in [0, 0.1) is 17.6 Å². The number of carbonyl (C=O) groups is 3. The number of aliphatic hydroxyl groups excluding tert-OH is 1. The molecule has 1 saturated carbocycles. The van der Waals surface area contributed by atoms with E-state index in [1.165, 1.54) is 4.57 Å². The highest BCUT2D eigenvalue weighted by molar-refractivity contribution is 6.04. The summed E-state index contributed by atoms with van der Waals surface area (Å²) < 4.78 is 57.7. The highest BCUT2D eigenvalue weighted by Crippen LogP contribution is 2.35. The van der Waals surface area contributed by atoms with Gasteiger partial charge in [0.1, 0.15) is 18.2 Å². The maximum absolute atomic E-state index is 14.4. The van der Waals surface area contributed by atoms with Gasteiger partial charge in [-0.3, -0.25) is 9.59 Å². The smallest absolute Gasteiger partial charge is 0.408 e. The summed E-state index contributed by atoms with van der Waals surface area (Å²) in [5.41, 5.74) is -0.294. The number of amides is 3. The molecule has 2 aliphatic rings. The molecule has 2 aromatic rings. The van der Waals surface area contributed by atoms with Crippen LogP contribution < -0.4 is 10.1 Å². The number of hydrogen-bond donors (Lipinski definition) is 2. The summed E-state index contributed by atoms with van der Waals surface area (Å²) in [6.45, 7) is 7.93. The van der Waals surface area contributed by atoms with Crippen molar-refractivity contribution >= 4 is 28.8 Å². The third kappa shape index (κ3) is 10.7. The van der Waals surface area contributed by atoms with Crippen LogP contribution in [0.4, 0.5) is 13.6 Å². The van der Waals surface area contributed by atoms with E-state index in [0.29, 0.717) is 19.8 Å². The summed E-state index contributed by atoms with van der Waals surface area (Å²) in [6.07, 6.45) is 4.09. The molecule has 1 unspecified atom stereocenters. The number of nitrogens with zero attached hydrogens (tertiary/aromatic N) is 3. The van der Waals surface area contributed by atoms with Crippen molar-refractivity contribution in [2.75, 3.05) is 79.0 Å². The number of fused-ring (bicyclic) bond motifs is 1. The molecule has 1 aromatic heterocycles. The predicted molar refractivity (Wildman–Crippen MR) is 180 cm³/mol. The van der Waals surface area contributed by atoms with E-state index in [2.05, 4.69) is 5.32 Å². The van der Waals surface area contributed by atoms with Gasteiger partial charge in [0, 0.05) is 44.7 Å². The first-order chi connectivity index (χ1) is 23.9. The number of aliphatic hydroxyl groups is 1. The van der Waals surface area contributed by atoms with Crippen LogP contribution in [0.3, 0.4) is 0 Å². The molecule has 0 radical (unpaired) electrons. The maximum Gasteiger partial charge on any atom is 0.408 e. The number of benzene rings is 1. The van der Waals surface area contributed by atoms with Gasteiger partial charge in [0.2, 0.25) is 5.91 Å². The van der Waals surface area contributed by atoms with Crippen LogP contribution in [0.15, 0.2) is 12.1 Å². The number of nitrogens with one attached hydrogen (secondary N) is 1. The fourth-order valence-electron chi connectivity index (χ4n) is 6.35. The van der Waals surface area contributed by atoms with E-state index in [0.717, 1.165) is 44.2 Å². The Morgan fingerprint density at radius 3 is 2.02 bits per heavy atom. The lowest BCUT2D eigenvalue weighted by Crippen LogP contribution is -2.58. The Bertz CT molecular complexity index is 1430. The topological polar surface area (TPSA) is 141 Å². The highest BCUT2D eigenvalue weighted by Gasteiger charge is 2.37. The second-order valence-corrected chi connectivity index (χ2v) is 13.6. The van der Waals surface area contributed by atoms with E-state index < -0.39 is 35.3 Å². The quantitative estimate of drug-likeness (QED) is 0.250. The molecular weight excluding hydrogens is 658 g/mol. The van der Waals surface area contributed by atoms with Gasteiger partial charge in [-0.2, -0.15) is 0 Å². The number of halogens is 2. The van der Waals surface area contributed by atoms with Crippen LogP contribution in [0.25, 0.3) is 10.9 Å². The van der Waals surface area contributed by atoms with Crippen molar-refractivity contribution in [1.82, 2.24) is 19.7 Å². The van der Waals surface area contributed by atoms with Gasteiger partial charge < -0.3 is 48.5 Å². The minimum absolute atomic E-state index is 0.00628. The Kier molecular flexibility index (Phi) is 14.6. The number of rotatable bonds is 16. The molecule has 3 amide bonds. The van der Waals surface area contributed by atoms with Crippen molar-refractivity contribution in [2.45, 2.75) is 64.5 Å². The zero-order chi connectivity index (χ0) is 36.3. The standard InChI is InChI=1S/C35H52F2N4O9/c1-35(2,3)50-34(45)38-29(24-8-6-5-7-9-24)32(43)40-10-12-41(13-11-40)33(44)30-31(25-22-26(36)27(37)23-28(25)39(30)4)49-21-20-48-19-18-47-17-16-46-15-14-42/h22-24,29,42H,5-21H2,1-4H3,(H,38,45). The van der Waals surface area contributed by atoms with Crippen LogP contribution in [-0.2, 0) is 30.8 Å². The summed E-state index contributed by atoms with van der Waals surface area (Å²) in [7, 11) is 1.59. The molecule has 1 aliphatic carbocycles. The summed E-state index contributed by atoms with van der Waals surface area (Å²) >= 11 is 0. The van der Waals surface area contributed by atoms with Gasteiger partial charge in [0.05, 0.1) is 51.8 Å². The van der Waals surface area contributed by atoms with Gasteiger partial charge in [-0.15, -0.1) is 0 Å². The lowest BCUT2D eigenvalue weighted by molar-refractivity contribution is -0.136. The van der Waals surface area contributed by atoms with Gasteiger partial charge in [-0.05, 0) is 45.6 Å². The zero-order valence-corrected chi connectivity index (χ0v) is 29.6. The highest BCUT2D eigenvalue weighted by atomic mass is 19.2. The maximum atomic E-state index is 14.4. The monoisotopic (exact) mass is 710 g/mol.